The van der Waals surface area contributed by atoms with E-state index < -0.39 is 17.9 Å². The number of rotatable bonds is 10. The minimum absolute atomic E-state index is 0.127. The summed E-state index contributed by atoms with van der Waals surface area (Å²) in [6, 6.07) is 4.41. The van der Waals surface area contributed by atoms with Crippen LogP contribution in [-0.2, 0) is 20.8 Å². The maximum atomic E-state index is 12.8. The summed E-state index contributed by atoms with van der Waals surface area (Å²) >= 11 is 0. The van der Waals surface area contributed by atoms with E-state index in [1.165, 1.54) is 25.9 Å². The van der Waals surface area contributed by atoms with Gasteiger partial charge in [-0.3, -0.25) is 9.59 Å². The maximum Gasteiger partial charge on any atom is 0.326 e. The number of amides is 2. The first-order valence-electron chi connectivity index (χ1n) is 8.69. The van der Waals surface area contributed by atoms with Crippen LogP contribution in [-0.4, -0.2) is 61.1 Å². The van der Waals surface area contributed by atoms with Gasteiger partial charge in [0.2, 0.25) is 11.8 Å². The van der Waals surface area contributed by atoms with Crippen LogP contribution in [0.15, 0.2) is 18.2 Å². The summed E-state index contributed by atoms with van der Waals surface area (Å²) in [4.78, 5) is 36.5. The Morgan fingerprint density at radius 1 is 1.15 bits per heavy atom. The highest BCUT2D eigenvalue weighted by atomic mass is 16.5. The molecule has 1 aromatic rings. The van der Waals surface area contributed by atoms with Crippen molar-refractivity contribution in [3.63, 3.8) is 0 Å². The number of nitrogens with one attached hydrogen (secondary N) is 1. The number of carbonyl (C=O) groups is 3. The number of hydrogen-bond donors (Lipinski definition) is 2. The molecule has 0 saturated carbocycles. The van der Waals surface area contributed by atoms with Crippen LogP contribution < -0.4 is 14.8 Å². The van der Waals surface area contributed by atoms with Gasteiger partial charge >= 0.3 is 5.97 Å². The molecule has 0 heterocycles. The number of methoxy groups -OCH3 is 2. The molecule has 2 N–H and O–H groups in total. The zero-order valence-corrected chi connectivity index (χ0v) is 16.4. The summed E-state index contributed by atoms with van der Waals surface area (Å²) in [5.41, 5.74) is 0.873. The molecule has 0 aromatic heterocycles. The summed E-state index contributed by atoms with van der Waals surface area (Å²) in [5.74, 6) is -0.895. The molecule has 2 amide bonds. The number of nitrogens with zero attached hydrogens (tertiary/aromatic N) is 1. The molecule has 0 aliphatic carbocycles. The van der Waals surface area contributed by atoms with Gasteiger partial charge in [-0.25, -0.2) is 4.79 Å². The quantitative estimate of drug-likeness (QED) is 0.634. The molecule has 150 valence electrons. The first kappa shape index (κ1) is 22.3. The molecule has 1 aromatic carbocycles. The molecule has 8 nitrogen and oxygen atoms in total. The first-order valence-corrected chi connectivity index (χ1v) is 8.69. The molecule has 0 aliphatic heterocycles. The average molecular weight is 380 g/mol. The van der Waals surface area contributed by atoms with E-state index in [4.69, 9.17) is 9.47 Å². The zero-order chi connectivity index (χ0) is 20.6. The highest BCUT2D eigenvalue weighted by molar-refractivity contribution is 5.85. The fraction of sp³-hybridized carbons (Fsp3) is 0.526. The van der Waals surface area contributed by atoms with Crippen LogP contribution in [0.25, 0.3) is 0 Å². The Morgan fingerprint density at radius 2 is 1.78 bits per heavy atom. The minimum Gasteiger partial charge on any atom is -0.493 e. The molecule has 0 spiro atoms. The topological polar surface area (TPSA) is 105 Å². The second-order valence-corrected chi connectivity index (χ2v) is 6.32. The monoisotopic (exact) mass is 380 g/mol. The summed E-state index contributed by atoms with van der Waals surface area (Å²) in [6.07, 6.45) is 0.419. The van der Waals surface area contributed by atoms with Crippen LogP contribution >= 0.6 is 0 Å². The highest BCUT2D eigenvalue weighted by Crippen LogP contribution is 2.28. The molecule has 0 bridgehead atoms. The Balaban J connectivity index is 2.90. The number of ether oxygens (including phenoxy) is 2. The van der Waals surface area contributed by atoms with Crippen LogP contribution in [0.3, 0.4) is 0 Å². The van der Waals surface area contributed by atoms with Gasteiger partial charge in [0, 0.05) is 25.9 Å². The molecule has 2 unspecified atom stereocenters. The van der Waals surface area contributed by atoms with Crippen molar-refractivity contribution < 1.29 is 29.0 Å². The first-order chi connectivity index (χ1) is 12.7. The molecule has 1 rings (SSSR count). The van der Waals surface area contributed by atoms with Gasteiger partial charge in [-0.05, 0) is 31.0 Å². The van der Waals surface area contributed by atoms with Crippen LogP contribution in [0.5, 0.6) is 11.5 Å². The Bertz CT molecular complexity index is 676. The second-order valence-electron chi connectivity index (χ2n) is 6.32. The van der Waals surface area contributed by atoms with Crippen LogP contribution in [0, 0.1) is 5.92 Å². The van der Waals surface area contributed by atoms with Crippen molar-refractivity contribution in [3.8, 4) is 11.5 Å². The van der Waals surface area contributed by atoms with E-state index in [0.717, 1.165) is 5.56 Å². The molecular weight excluding hydrogens is 352 g/mol. The van der Waals surface area contributed by atoms with Crippen molar-refractivity contribution in [3.05, 3.63) is 23.8 Å². The molecule has 0 fully saturated rings. The van der Waals surface area contributed by atoms with Crippen LogP contribution in [0.4, 0.5) is 0 Å². The van der Waals surface area contributed by atoms with E-state index >= 15 is 0 Å². The predicted molar refractivity (Wildman–Crippen MR) is 99.9 cm³/mol. The van der Waals surface area contributed by atoms with Gasteiger partial charge in [-0.15, -0.1) is 0 Å². The fourth-order valence-corrected chi connectivity index (χ4v) is 2.71. The third-order valence-corrected chi connectivity index (χ3v) is 4.25. The van der Waals surface area contributed by atoms with Crippen LogP contribution in [0.2, 0.25) is 0 Å². The third kappa shape index (κ3) is 6.47. The lowest BCUT2D eigenvalue weighted by atomic mass is 9.98. The standard InChI is InChI=1S/C19H28N2O6/c1-12(10-15-6-7-16(26-4)17(11-15)27-5)18(23)21(13(2)19(24)25)9-8-20-14(3)22/h6-7,11-13H,8-10H2,1-5H3,(H,20,22)(H,24,25). The van der Waals surface area contributed by atoms with Crippen LogP contribution in [0.1, 0.15) is 26.3 Å². The molecule has 0 radical (unpaired) electrons. The average Bonchev–Trinajstić information content (AvgIpc) is 2.63. The number of aliphatic carboxylic acids is 1. The molecule has 27 heavy (non-hydrogen) atoms. The Labute approximate surface area is 159 Å². The van der Waals surface area contributed by atoms with E-state index in [9.17, 15) is 19.5 Å². The maximum absolute atomic E-state index is 12.8. The zero-order valence-electron chi connectivity index (χ0n) is 16.4. The fourth-order valence-electron chi connectivity index (χ4n) is 2.71. The number of carboxylic acids is 1. The predicted octanol–water partition coefficient (Wildman–Crippen LogP) is 1.32. The van der Waals surface area contributed by atoms with Gasteiger partial charge in [-0.1, -0.05) is 13.0 Å². The van der Waals surface area contributed by atoms with E-state index in [2.05, 4.69) is 5.32 Å². The van der Waals surface area contributed by atoms with E-state index in [0.29, 0.717) is 17.9 Å². The Hall–Kier alpha value is -2.77. The molecule has 8 heteroatoms. The van der Waals surface area contributed by atoms with Crippen molar-refractivity contribution in [1.82, 2.24) is 10.2 Å². The summed E-state index contributed by atoms with van der Waals surface area (Å²) in [6.45, 7) is 4.90. The number of carbonyl (C=O) groups excluding carboxylic acids is 2. The van der Waals surface area contributed by atoms with Gasteiger partial charge in [0.1, 0.15) is 6.04 Å². The Morgan fingerprint density at radius 3 is 2.30 bits per heavy atom. The molecule has 2 atom stereocenters. The lowest BCUT2D eigenvalue weighted by Gasteiger charge is -2.29. The number of benzene rings is 1. The van der Waals surface area contributed by atoms with E-state index in [1.807, 2.05) is 6.07 Å². The minimum atomic E-state index is -1.09. The van der Waals surface area contributed by atoms with Gasteiger partial charge < -0.3 is 24.8 Å². The smallest absolute Gasteiger partial charge is 0.326 e. The molecular formula is C19H28N2O6. The van der Waals surface area contributed by atoms with Crippen molar-refractivity contribution in [2.45, 2.75) is 33.2 Å². The SMILES string of the molecule is COc1ccc(CC(C)C(=O)N(CCNC(C)=O)C(C)C(=O)O)cc1OC. The van der Waals surface area contributed by atoms with Gasteiger partial charge in [0.05, 0.1) is 14.2 Å². The van der Waals surface area contributed by atoms with Gasteiger partial charge in [0.15, 0.2) is 11.5 Å². The normalized spacial score (nSPS) is 12.6. The lowest BCUT2D eigenvalue weighted by Crippen LogP contribution is -2.48. The third-order valence-electron chi connectivity index (χ3n) is 4.25. The van der Waals surface area contributed by atoms with E-state index in [-0.39, 0.29) is 24.9 Å². The molecule has 0 aliphatic rings. The summed E-state index contributed by atoms with van der Waals surface area (Å²) in [7, 11) is 3.08. The molecule has 0 saturated heterocycles. The Kier molecular flexibility index (Phi) is 8.58. The highest BCUT2D eigenvalue weighted by Gasteiger charge is 2.28. The summed E-state index contributed by atoms with van der Waals surface area (Å²) < 4.78 is 10.5. The van der Waals surface area contributed by atoms with Gasteiger partial charge in [0.25, 0.3) is 0 Å². The number of carboxylic acid groups (broad SMARTS) is 1. The lowest BCUT2D eigenvalue weighted by molar-refractivity contribution is -0.151. The van der Waals surface area contributed by atoms with Crippen molar-refractivity contribution >= 4 is 17.8 Å². The van der Waals surface area contributed by atoms with Crippen molar-refractivity contribution in [2.24, 2.45) is 5.92 Å². The second kappa shape index (κ2) is 10.4. The van der Waals surface area contributed by atoms with Crippen molar-refractivity contribution in [2.75, 3.05) is 27.3 Å². The summed E-state index contributed by atoms with van der Waals surface area (Å²) in [5, 5.41) is 11.9. The largest absolute Gasteiger partial charge is 0.493 e. The van der Waals surface area contributed by atoms with Gasteiger partial charge in [-0.2, -0.15) is 0 Å². The van der Waals surface area contributed by atoms with Crippen molar-refractivity contribution in [1.29, 1.82) is 0 Å². The number of hydrogen-bond acceptors (Lipinski definition) is 5. The van der Waals surface area contributed by atoms with E-state index in [1.54, 1.807) is 26.2 Å².